The van der Waals surface area contributed by atoms with Crippen molar-refractivity contribution in [2.75, 3.05) is 11.9 Å². The number of alkyl halides is 3. The van der Waals surface area contributed by atoms with E-state index in [0.717, 1.165) is 46.8 Å². The van der Waals surface area contributed by atoms with Crippen molar-refractivity contribution in [1.82, 2.24) is 4.31 Å². The van der Waals surface area contributed by atoms with Gasteiger partial charge in [-0.15, -0.1) is 0 Å². The third kappa shape index (κ3) is 4.17. The summed E-state index contributed by atoms with van der Waals surface area (Å²) in [4.78, 5) is 12.4. The van der Waals surface area contributed by atoms with Gasteiger partial charge in [0.2, 0.25) is 15.9 Å². The van der Waals surface area contributed by atoms with Crippen LogP contribution in [-0.2, 0) is 21.0 Å². The summed E-state index contributed by atoms with van der Waals surface area (Å²) in [7, 11) is -4.05. The maximum atomic E-state index is 13.1. The number of benzene rings is 2. The second-order valence-electron chi connectivity index (χ2n) is 6.30. The molecule has 2 aromatic carbocycles. The van der Waals surface area contributed by atoms with Crippen LogP contribution in [0.1, 0.15) is 18.4 Å². The average molecular weight is 416 g/mol. The number of sulfonamides is 1. The molecule has 3 rings (SSSR count). The molecule has 1 saturated heterocycles. The lowest BCUT2D eigenvalue weighted by Crippen LogP contribution is -2.43. The van der Waals surface area contributed by atoms with Crippen molar-refractivity contribution in [3.05, 3.63) is 59.9 Å². The fraction of sp³-hybridized carbons (Fsp3) is 0.278. The Kier molecular flexibility index (Phi) is 5.44. The van der Waals surface area contributed by atoms with E-state index in [9.17, 15) is 30.8 Å². The minimum absolute atomic E-state index is 0.0779. The molecule has 1 fully saturated rings. The van der Waals surface area contributed by atoms with Gasteiger partial charge in [0.15, 0.2) is 0 Å². The van der Waals surface area contributed by atoms with E-state index < -0.39 is 39.5 Å². The lowest BCUT2D eigenvalue weighted by atomic mass is 10.1. The maximum Gasteiger partial charge on any atom is 0.416 e. The summed E-state index contributed by atoms with van der Waals surface area (Å²) in [5.41, 5.74) is -1.00. The molecular formula is C18H16F4N2O3S. The first-order chi connectivity index (χ1) is 13.1. The lowest BCUT2D eigenvalue weighted by Gasteiger charge is -2.23. The Morgan fingerprint density at radius 1 is 1.11 bits per heavy atom. The summed E-state index contributed by atoms with van der Waals surface area (Å²) in [6.07, 6.45) is -3.92. The molecule has 0 saturated carbocycles. The second-order valence-corrected chi connectivity index (χ2v) is 8.19. The molecule has 28 heavy (non-hydrogen) atoms. The van der Waals surface area contributed by atoms with Crippen LogP contribution in [0, 0.1) is 5.82 Å². The molecule has 10 heteroatoms. The number of carbonyl (C=O) groups is 1. The summed E-state index contributed by atoms with van der Waals surface area (Å²) in [5, 5.41) is 2.35. The molecule has 0 spiro atoms. The molecule has 0 aliphatic carbocycles. The molecule has 150 valence electrons. The van der Waals surface area contributed by atoms with Crippen LogP contribution in [0.25, 0.3) is 0 Å². The van der Waals surface area contributed by atoms with Crippen molar-refractivity contribution in [3.63, 3.8) is 0 Å². The molecule has 1 atom stereocenters. The number of anilines is 1. The molecule has 5 nitrogen and oxygen atoms in total. The summed E-state index contributed by atoms with van der Waals surface area (Å²) < 4.78 is 78.0. The highest BCUT2D eigenvalue weighted by Gasteiger charge is 2.39. The molecule has 2 aromatic rings. The van der Waals surface area contributed by atoms with Gasteiger partial charge in [-0.25, -0.2) is 12.8 Å². The van der Waals surface area contributed by atoms with Crippen LogP contribution in [0.4, 0.5) is 23.2 Å². The van der Waals surface area contributed by atoms with Gasteiger partial charge in [0.05, 0.1) is 10.5 Å². The maximum absolute atomic E-state index is 13.1. The normalized spacial score (nSPS) is 18.2. The van der Waals surface area contributed by atoms with Gasteiger partial charge >= 0.3 is 6.18 Å². The van der Waals surface area contributed by atoms with E-state index in [-0.39, 0.29) is 23.5 Å². The Labute approximate surface area is 159 Å². The fourth-order valence-electron chi connectivity index (χ4n) is 3.03. The van der Waals surface area contributed by atoms with Gasteiger partial charge in [0, 0.05) is 12.2 Å². The Hall–Kier alpha value is -2.46. The van der Waals surface area contributed by atoms with E-state index in [1.54, 1.807) is 0 Å². The molecular weight excluding hydrogens is 400 g/mol. The summed E-state index contributed by atoms with van der Waals surface area (Å²) in [5.74, 6) is -1.32. The molecule has 1 aliphatic heterocycles. The lowest BCUT2D eigenvalue weighted by molar-refractivity contribution is -0.137. The van der Waals surface area contributed by atoms with Gasteiger partial charge in [-0.2, -0.15) is 17.5 Å². The minimum Gasteiger partial charge on any atom is -0.325 e. The Morgan fingerprint density at radius 2 is 1.79 bits per heavy atom. The Balaban J connectivity index is 1.81. The monoisotopic (exact) mass is 416 g/mol. The molecule has 0 bridgehead atoms. The van der Waals surface area contributed by atoms with Crippen LogP contribution in [0.15, 0.2) is 53.4 Å². The van der Waals surface area contributed by atoms with Gasteiger partial charge < -0.3 is 5.32 Å². The van der Waals surface area contributed by atoms with Crippen LogP contribution in [-0.4, -0.2) is 31.2 Å². The Bertz CT molecular complexity index is 975. The summed E-state index contributed by atoms with van der Waals surface area (Å²) in [6, 6.07) is 7.24. The van der Waals surface area contributed by atoms with E-state index in [1.807, 2.05) is 0 Å². The van der Waals surface area contributed by atoms with Crippen LogP contribution >= 0.6 is 0 Å². The third-order valence-corrected chi connectivity index (χ3v) is 6.31. The predicted molar refractivity (Wildman–Crippen MR) is 93.4 cm³/mol. The van der Waals surface area contributed by atoms with Gasteiger partial charge in [-0.1, -0.05) is 6.07 Å². The number of nitrogens with zero attached hydrogens (tertiary/aromatic N) is 1. The quantitative estimate of drug-likeness (QED) is 0.774. The highest BCUT2D eigenvalue weighted by Crippen LogP contribution is 2.31. The van der Waals surface area contributed by atoms with Crippen molar-refractivity contribution in [3.8, 4) is 0 Å². The number of carbonyl (C=O) groups excluding carboxylic acids is 1. The first-order valence-corrected chi connectivity index (χ1v) is 9.78. The van der Waals surface area contributed by atoms with Crippen molar-refractivity contribution in [2.45, 2.75) is 30.0 Å². The van der Waals surface area contributed by atoms with Crippen LogP contribution in [0.2, 0.25) is 0 Å². The standard InChI is InChI=1S/C18H16F4N2O3S/c19-13-6-8-15(9-7-13)28(26,27)24-10-2-5-16(24)17(25)23-14-4-1-3-12(11-14)18(20,21)22/h1,3-4,6-9,11,16H,2,5,10H2,(H,23,25). The van der Waals surface area contributed by atoms with E-state index >= 15 is 0 Å². The highest BCUT2D eigenvalue weighted by molar-refractivity contribution is 7.89. The van der Waals surface area contributed by atoms with E-state index in [1.165, 1.54) is 6.07 Å². The van der Waals surface area contributed by atoms with Crippen LogP contribution < -0.4 is 5.32 Å². The third-order valence-electron chi connectivity index (χ3n) is 4.38. The zero-order valence-electron chi connectivity index (χ0n) is 14.4. The topological polar surface area (TPSA) is 66.5 Å². The number of nitrogens with one attached hydrogen (secondary N) is 1. The number of rotatable bonds is 4. The van der Waals surface area contributed by atoms with Gasteiger partial charge in [-0.05, 0) is 55.3 Å². The SMILES string of the molecule is O=C(Nc1cccc(C(F)(F)F)c1)C1CCCN1S(=O)(=O)c1ccc(F)cc1. The largest absolute Gasteiger partial charge is 0.416 e. The molecule has 0 radical (unpaired) electrons. The Morgan fingerprint density at radius 3 is 2.43 bits per heavy atom. The van der Waals surface area contributed by atoms with Crippen molar-refractivity contribution in [1.29, 1.82) is 0 Å². The molecule has 1 heterocycles. The van der Waals surface area contributed by atoms with Gasteiger partial charge in [0.25, 0.3) is 0 Å². The number of hydrogen-bond donors (Lipinski definition) is 1. The fourth-order valence-corrected chi connectivity index (χ4v) is 4.69. The first-order valence-electron chi connectivity index (χ1n) is 8.34. The van der Waals surface area contributed by atoms with Gasteiger partial charge in [-0.3, -0.25) is 4.79 Å². The van der Waals surface area contributed by atoms with E-state index in [2.05, 4.69) is 5.32 Å². The molecule has 0 aromatic heterocycles. The van der Waals surface area contributed by atoms with E-state index in [0.29, 0.717) is 6.42 Å². The number of halogens is 4. The van der Waals surface area contributed by atoms with Crippen LogP contribution in [0.5, 0.6) is 0 Å². The number of amides is 1. The van der Waals surface area contributed by atoms with Crippen molar-refractivity contribution in [2.24, 2.45) is 0 Å². The minimum atomic E-state index is -4.56. The average Bonchev–Trinajstić information content (AvgIpc) is 3.12. The van der Waals surface area contributed by atoms with Gasteiger partial charge in [0.1, 0.15) is 11.9 Å². The zero-order chi connectivity index (χ0) is 20.5. The summed E-state index contributed by atoms with van der Waals surface area (Å²) >= 11 is 0. The zero-order valence-corrected chi connectivity index (χ0v) is 15.2. The molecule has 1 unspecified atom stereocenters. The molecule has 1 aliphatic rings. The van der Waals surface area contributed by atoms with E-state index in [4.69, 9.17) is 0 Å². The highest BCUT2D eigenvalue weighted by atomic mass is 32.2. The first kappa shape index (κ1) is 20.3. The van der Waals surface area contributed by atoms with Crippen molar-refractivity contribution < 1.29 is 30.8 Å². The smallest absolute Gasteiger partial charge is 0.325 e. The summed E-state index contributed by atoms with van der Waals surface area (Å²) in [6.45, 7) is 0.0837. The predicted octanol–water partition coefficient (Wildman–Crippen LogP) is 3.64. The molecule has 1 amide bonds. The number of hydrogen-bond acceptors (Lipinski definition) is 3. The van der Waals surface area contributed by atoms with Crippen molar-refractivity contribution >= 4 is 21.6 Å². The second kappa shape index (κ2) is 7.51. The molecule has 1 N–H and O–H groups in total. The van der Waals surface area contributed by atoms with Crippen LogP contribution in [0.3, 0.4) is 0 Å².